The van der Waals surface area contributed by atoms with Crippen molar-refractivity contribution in [3.05, 3.63) is 64.2 Å². The van der Waals surface area contributed by atoms with Crippen molar-refractivity contribution < 1.29 is 8.42 Å². The Morgan fingerprint density at radius 1 is 1.06 bits per heavy atom. The Bertz CT molecular complexity index is 1470. The highest BCUT2D eigenvalue weighted by Crippen LogP contribution is 2.24. The van der Waals surface area contributed by atoms with Gasteiger partial charge >= 0.3 is 0 Å². The summed E-state index contributed by atoms with van der Waals surface area (Å²) in [5.41, 5.74) is 1.94. The molecule has 0 fully saturated rings. The van der Waals surface area contributed by atoms with Gasteiger partial charge in [0.2, 0.25) is 15.8 Å². The predicted molar refractivity (Wildman–Crippen MR) is 124 cm³/mol. The van der Waals surface area contributed by atoms with Crippen molar-refractivity contribution in [2.24, 2.45) is 7.05 Å². The van der Waals surface area contributed by atoms with Crippen LogP contribution in [0.1, 0.15) is 25.2 Å². The number of aryl methyl sites for hydroxylation is 2. The molecule has 2 aromatic heterocycles. The summed E-state index contributed by atoms with van der Waals surface area (Å²) in [4.78, 5) is 12.9. The minimum absolute atomic E-state index is 0.134. The fraction of sp³-hybridized carbons (Fsp3) is 0.318. The molecule has 10 heteroatoms. The number of aromatic nitrogens is 4. The summed E-state index contributed by atoms with van der Waals surface area (Å²) in [6, 6.07) is 12.6. The zero-order valence-electron chi connectivity index (χ0n) is 18.5. The van der Waals surface area contributed by atoms with E-state index in [0.29, 0.717) is 47.9 Å². The maximum Gasteiger partial charge on any atom is 0.262 e. The van der Waals surface area contributed by atoms with Crippen molar-refractivity contribution in [2.75, 3.05) is 18.4 Å². The summed E-state index contributed by atoms with van der Waals surface area (Å²) >= 11 is 0. The Balaban J connectivity index is 1.72. The molecule has 0 unspecified atom stereocenters. The zero-order chi connectivity index (χ0) is 23.0. The van der Waals surface area contributed by atoms with E-state index in [1.54, 1.807) is 32.2 Å². The van der Waals surface area contributed by atoms with Gasteiger partial charge in [0.05, 0.1) is 22.3 Å². The maximum atomic E-state index is 13.0. The number of benzene rings is 2. The van der Waals surface area contributed by atoms with Crippen LogP contribution in [0.15, 0.2) is 52.2 Å². The Morgan fingerprint density at radius 2 is 1.78 bits per heavy atom. The lowest BCUT2D eigenvalue weighted by atomic mass is 10.2. The third-order valence-corrected chi connectivity index (χ3v) is 7.85. The topological polar surface area (TPSA) is 102 Å². The van der Waals surface area contributed by atoms with Crippen LogP contribution in [0.3, 0.4) is 0 Å². The van der Waals surface area contributed by atoms with Gasteiger partial charge in [0.1, 0.15) is 0 Å². The van der Waals surface area contributed by atoms with Gasteiger partial charge in [-0.2, -0.15) is 4.31 Å². The summed E-state index contributed by atoms with van der Waals surface area (Å²) in [7, 11) is -1.91. The number of fused-ring (bicyclic) bond motifs is 3. The van der Waals surface area contributed by atoms with Crippen molar-refractivity contribution in [2.45, 2.75) is 32.2 Å². The van der Waals surface area contributed by atoms with E-state index in [1.807, 2.05) is 42.5 Å². The number of sulfonamides is 1. The molecular weight excluding hydrogens is 428 g/mol. The minimum Gasteiger partial charge on any atom is -0.378 e. The number of nitrogens with zero attached hydrogens (tertiary/aromatic N) is 5. The van der Waals surface area contributed by atoms with E-state index in [-0.39, 0.29) is 10.5 Å². The normalized spacial score (nSPS) is 12.2. The standard InChI is InChI=1S/C22H26N6O3S/c1-5-27(6-2)32(30,31)19-13-16(12-11-15(19)3)23-14-20-24-25-22-26(4)21(29)17-9-7-8-10-18(17)28(20)22/h7-13,23H,5-6,14H2,1-4H3. The highest BCUT2D eigenvalue weighted by molar-refractivity contribution is 7.89. The zero-order valence-corrected chi connectivity index (χ0v) is 19.3. The molecule has 0 saturated heterocycles. The molecule has 168 valence electrons. The van der Waals surface area contributed by atoms with Gasteiger partial charge in [-0.25, -0.2) is 8.42 Å². The van der Waals surface area contributed by atoms with Crippen LogP contribution < -0.4 is 10.9 Å². The smallest absolute Gasteiger partial charge is 0.262 e. The molecule has 0 aliphatic carbocycles. The fourth-order valence-corrected chi connectivity index (χ4v) is 5.59. The first-order chi connectivity index (χ1) is 15.3. The van der Waals surface area contributed by atoms with E-state index in [0.717, 1.165) is 5.52 Å². The van der Waals surface area contributed by atoms with Crippen molar-refractivity contribution in [1.29, 1.82) is 0 Å². The molecule has 4 aromatic rings. The molecule has 0 bridgehead atoms. The van der Waals surface area contributed by atoms with E-state index in [4.69, 9.17) is 0 Å². The number of hydrogen-bond donors (Lipinski definition) is 1. The number of rotatable bonds is 7. The quantitative estimate of drug-likeness (QED) is 0.460. The molecule has 32 heavy (non-hydrogen) atoms. The Kier molecular flexibility index (Phi) is 5.74. The monoisotopic (exact) mass is 454 g/mol. The van der Waals surface area contributed by atoms with Crippen molar-refractivity contribution >= 4 is 32.4 Å². The highest BCUT2D eigenvalue weighted by Gasteiger charge is 2.24. The van der Waals surface area contributed by atoms with Gasteiger partial charge in [0.25, 0.3) is 5.56 Å². The highest BCUT2D eigenvalue weighted by atomic mass is 32.2. The molecule has 2 heterocycles. The second-order valence-electron chi connectivity index (χ2n) is 7.56. The Labute approximate surface area is 186 Å². The summed E-state index contributed by atoms with van der Waals surface area (Å²) in [6.07, 6.45) is 0. The molecule has 0 radical (unpaired) electrons. The van der Waals surface area contributed by atoms with Gasteiger partial charge < -0.3 is 5.32 Å². The van der Waals surface area contributed by atoms with Crippen molar-refractivity contribution in [3.8, 4) is 0 Å². The predicted octanol–water partition coefficient (Wildman–Crippen LogP) is 2.53. The van der Waals surface area contributed by atoms with Crippen LogP contribution in [-0.4, -0.2) is 45.0 Å². The van der Waals surface area contributed by atoms with Crippen molar-refractivity contribution in [1.82, 2.24) is 23.5 Å². The van der Waals surface area contributed by atoms with Crippen LogP contribution in [0.2, 0.25) is 0 Å². The second-order valence-corrected chi connectivity index (χ2v) is 9.46. The SMILES string of the molecule is CCN(CC)S(=O)(=O)c1cc(NCc2nnc3n(C)c(=O)c4ccccc4n23)ccc1C. The fourth-order valence-electron chi connectivity index (χ4n) is 3.88. The Hall–Kier alpha value is -3.24. The third kappa shape index (κ3) is 3.55. The lowest BCUT2D eigenvalue weighted by Gasteiger charge is -2.20. The van der Waals surface area contributed by atoms with Crippen LogP contribution >= 0.6 is 0 Å². The van der Waals surface area contributed by atoms with Gasteiger partial charge in [-0.05, 0) is 36.8 Å². The van der Waals surface area contributed by atoms with Crippen LogP contribution in [0.5, 0.6) is 0 Å². The molecule has 0 atom stereocenters. The lowest BCUT2D eigenvalue weighted by Crippen LogP contribution is -2.31. The van der Waals surface area contributed by atoms with E-state index >= 15 is 0 Å². The van der Waals surface area contributed by atoms with E-state index in [1.165, 1.54) is 8.87 Å². The van der Waals surface area contributed by atoms with E-state index in [9.17, 15) is 13.2 Å². The van der Waals surface area contributed by atoms with E-state index < -0.39 is 10.0 Å². The van der Waals surface area contributed by atoms with Crippen LogP contribution in [-0.2, 0) is 23.6 Å². The number of nitrogens with one attached hydrogen (secondary N) is 1. The molecule has 4 rings (SSSR count). The van der Waals surface area contributed by atoms with Crippen LogP contribution in [0.4, 0.5) is 5.69 Å². The molecule has 1 N–H and O–H groups in total. The first-order valence-electron chi connectivity index (χ1n) is 10.5. The molecule has 2 aromatic carbocycles. The maximum absolute atomic E-state index is 13.0. The molecule has 0 saturated carbocycles. The van der Waals surface area contributed by atoms with Crippen LogP contribution in [0.25, 0.3) is 16.7 Å². The summed E-state index contributed by atoms with van der Waals surface area (Å²) in [5.74, 6) is 1.06. The average Bonchev–Trinajstić information content (AvgIpc) is 3.21. The summed E-state index contributed by atoms with van der Waals surface area (Å²) < 4.78 is 30.8. The first kappa shape index (κ1) is 22.0. The molecular formula is C22H26N6O3S. The number of para-hydroxylation sites is 1. The van der Waals surface area contributed by atoms with Gasteiger partial charge in [0, 0.05) is 25.8 Å². The molecule has 0 aliphatic rings. The van der Waals surface area contributed by atoms with Gasteiger partial charge in [0.15, 0.2) is 5.82 Å². The van der Waals surface area contributed by atoms with Crippen molar-refractivity contribution in [3.63, 3.8) is 0 Å². The lowest BCUT2D eigenvalue weighted by molar-refractivity contribution is 0.445. The Morgan fingerprint density at radius 3 is 2.50 bits per heavy atom. The molecule has 0 spiro atoms. The summed E-state index contributed by atoms with van der Waals surface area (Å²) in [6.45, 7) is 6.57. The number of hydrogen-bond acceptors (Lipinski definition) is 6. The third-order valence-electron chi connectivity index (χ3n) is 5.65. The van der Waals surface area contributed by atoms with Gasteiger partial charge in [-0.1, -0.05) is 32.0 Å². The molecule has 9 nitrogen and oxygen atoms in total. The summed E-state index contributed by atoms with van der Waals surface area (Å²) in [5, 5.41) is 12.3. The first-order valence-corrected chi connectivity index (χ1v) is 11.9. The largest absolute Gasteiger partial charge is 0.378 e. The number of anilines is 1. The second kappa shape index (κ2) is 8.36. The molecule has 0 aliphatic heterocycles. The molecule has 0 amide bonds. The average molecular weight is 455 g/mol. The minimum atomic E-state index is -3.58. The van der Waals surface area contributed by atoms with E-state index in [2.05, 4.69) is 15.5 Å². The van der Waals surface area contributed by atoms with Gasteiger partial charge in [-0.3, -0.25) is 13.8 Å². The van der Waals surface area contributed by atoms with Gasteiger partial charge in [-0.15, -0.1) is 10.2 Å². The van der Waals surface area contributed by atoms with Crippen LogP contribution in [0, 0.1) is 6.92 Å².